The highest BCUT2D eigenvalue weighted by Crippen LogP contribution is 2.16. The fourth-order valence-electron chi connectivity index (χ4n) is 1.29. The summed E-state index contributed by atoms with van der Waals surface area (Å²) in [6, 6.07) is 7.71. The van der Waals surface area contributed by atoms with E-state index in [1.165, 1.54) is 5.01 Å². The maximum absolute atomic E-state index is 9.53. The summed E-state index contributed by atoms with van der Waals surface area (Å²) in [6.45, 7) is 2.62. The molecule has 0 spiro atoms. The Bertz CT molecular complexity index is 302. The molecule has 0 aliphatic rings. The highest BCUT2D eigenvalue weighted by Gasteiger charge is 2.07. The van der Waals surface area contributed by atoms with Crippen LogP contribution in [0.25, 0.3) is 0 Å². The number of nitrogens with zero attached hydrogens (tertiary/aromatic N) is 1. The van der Waals surface area contributed by atoms with Crippen molar-refractivity contribution in [1.82, 2.24) is 5.01 Å². The van der Waals surface area contributed by atoms with Crippen LogP contribution in [0, 0.1) is 6.92 Å². The van der Waals surface area contributed by atoms with Crippen LogP contribution in [0.3, 0.4) is 0 Å². The van der Waals surface area contributed by atoms with Crippen LogP contribution in [0.4, 0.5) is 0 Å². The van der Waals surface area contributed by atoms with Gasteiger partial charge in [0.1, 0.15) is 18.5 Å². The van der Waals surface area contributed by atoms with Gasteiger partial charge in [-0.05, 0) is 18.6 Å². The van der Waals surface area contributed by atoms with E-state index in [2.05, 4.69) is 0 Å². The van der Waals surface area contributed by atoms with E-state index in [1.54, 1.807) is 7.05 Å². The number of rotatable bonds is 5. The van der Waals surface area contributed by atoms with E-state index < -0.39 is 6.10 Å². The lowest BCUT2D eigenvalue weighted by Crippen LogP contribution is -2.37. The number of hydrazine groups is 1. The fourth-order valence-corrected chi connectivity index (χ4v) is 1.29. The zero-order chi connectivity index (χ0) is 11.3. The number of likely N-dealkylation sites (N-methyl/N-ethyl adjacent to an activating group) is 1. The minimum Gasteiger partial charge on any atom is -0.491 e. The Labute approximate surface area is 90.2 Å². The average Bonchev–Trinajstić information content (AvgIpc) is 2.15. The van der Waals surface area contributed by atoms with Crippen molar-refractivity contribution < 1.29 is 9.84 Å². The number of aliphatic hydroxyl groups is 1. The van der Waals surface area contributed by atoms with E-state index in [1.807, 2.05) is 31.2 Å². The number of ether oxygens (including phenoxy) is 1. The summed E-state index contributed by atoms with van der Waals surface area (Å²) in [4.78, 5) is 0. The quantitative estimate of drug-likeness (QED) is 0.550. The summed E-state index contributed by atoms with van der Waals surface area (Å²) >= 11 is 0. The van der Waals surface area contributed by atoms with Crippen molar-refractivity contribution in [3.63, 3.8) is 0 Å². The van der Waals surface area contributed by atoms with Gasteiger partial charge in [-0.3, -0.25) is 5.84 Å². The highest BCUT2D eigenvalue weighted by atomic mass is 16.5. The van der Waals surface area contributed by atoms with Crippen LogP contribution in [-0.2, 0) is 0 Å². The molecule has 0 radical (unpaired) electrons. The third-order valence-corrected chi connectivity index (χ3v) is 2.02. The minimum absolute atomic E-state index is 0.256. The van der Waals surface area contributed by atoms with Gasteiger partial charge < -0.3 is 9.84 Å². The molecule has 0 aliphatic carbocycles. The predicted molar refractivity (Wildman–Crippen MR) is 59.5 cm³/mol. The van der Waals surface area contributed by atoms with Gasteiger partial charge in [-0.15, -0.1) is 0 Å². The second-order valence-electron chi connectivity index (χ2n) is 3.67. The molecule has 0 aromatic heterocycles. The van der Waals surface area contributed by atoms with Crippen molar-refractivity contribution in [2.24, 2.45) is 5.84 Å². The van der Waals surface area contributed by atoms with Crippen molar-refractivity contribution in [3.8, 4) is 5.75 Å². The Kier molecular flexibility index (Phi) is 4.55. The first-order valence-electron chi connectivity index (χ1n) is 4.92. The monoisotopic (exact) mass is 210 g/mol. The minimum atomic E-state index is -0.570. The second-order valence-corrected chi connectivity index (χ2v) is 3.67. The van der Waals surface area contributed by atoms with Crippen LogP contribution >= 0.6 is 0 Å². The van der Waals surface area contributed by atoms with Crippen LogP contribution in [0.5, 0.6) is 5.75 Å². The first-order chi connectivity index (χ1) is 7.09. The molecule has 1 aromatic carbocycles. The first kappa shape index (κ1) is 12.0. The van der Waals surface area contributed by atoms with E-state index >= 15 is 0 Å². The van der Waals surface area contributed by atoms with Gasteiger partial charge in [-0.1, -0.05) is 18.2 Å². The summed E-state index contributed by atoms with van der Waals surface area (Å²) in [7, 11) is 1.71. The molecule has 15 heavy (non-hydrogen) atoms. The third kappa shape index (κ3) is 4.29. The molecule has 0 amide bonds. The molecule has 1 unspecified atom stereocenters. The lowest BCUT2D eigenvalue weighted by molar-refractivity contribution is 0.0763. The molecule has 4 heteroatoms. The van der Waals surface area contributed by atoms with E-state index in [4.69, 9.17) is 10.6 Å². The van der Waals surface area contributed by atoms with Gasteiger partial charge >= 0.3 is 0 Å². The Balaban J connectivity index is 2.40. The molecule has 84 valence electrons. The van der Waals surface area contributed by atoms with E-state index in [-0.39, 0.29) is 6.61 Å². The second kappa shape index (κ2) is 5.70. The molecule has 1 aromatic rings. The predicted octanol–water partition coefficient (Wildman–Crippen LogP) is 0.540. The number of aryl methyl sites for hydroxylation is 1. The Morgan fingerprint density at radius 1 is 1.47 bits per heavy atom. The standard InChI is InChI=1S/C11H18N2O2/c1-9-5-3-4-6-11(9)15-8-10(14)7-13(2)12/h3-6,10,14H,7-8,12H2,1-2H3. The Morgan fingerprint density at radius 2 is 2.13 bits per heavy atom. The van der Waals surface area contributed by atoms with Crippen molar-refractivity contribution in [3.05, 3.63) is 29.8 Å². The highest BCUT2D eigenvalue weighted by molar-refractivity contribution is 5.31. The maximum atomic E-state index is 9.53. The van der Waals surface area contributed by atoms with Gasteiger partial charge in [-0.2, -0.15) is 0 Å². The van der Waals surface area contributed by atoms with Crippen LogP contribution in [0.2, 0.25) is 0 Å². The molecule has 0 fully saturated rings. The Hall–Kier alpha value is -1.10. The van der Waals surface area contributed by atoms with Crippen molar-refractivity contribution in [1.29, 1.82) is 0 Å². The number of para-hydroxylation sites is 1. The summed E-state index contributed by atoms with van der Waals surface area (Å²) in [6.07, 6.45) is -0.570. The molecule has 0 aliphatic heterocycles. The van der Waals surface area contributed by atoms with E-state index in [0.717, 1.165) is 11.3 Å². The molecular weight excluding hydrogens is 192 g/mol. The first-order valence-corrected chi connectivity index (χ1v) is 4.92. The molecule has 0 saturated carbocycles. The number of aliphatic hydroxyl groups excluding tert-OH is 1. The molecule has 0 saturated heterocycles. The smallest absolute Gasteiger partial charge is 0.122 e. The zero-order valence-corrected chi connectivity index (χ0v) is 9.18. The molecular formula is C11H18N2O2. The van der Waals surface area contributed by atoms with Gasteiger partial charge in [0.2, 0.25) is 0 Å². The molecule has 4 nitrogen and oxygen atoms in total. The molecule has 3 N–H and O–H groups in total. The van der Waals surface area contributed by atoms with Crippen LogP contribution < -0.4 is 10.6 Å². The maximum Gasteiger partial charge on any atom is 0.122 e. The van der Waals surface area contributed by atoms with Crippen LogP contribution in [0.15, 0.2) is 24.3 Å². The topological polar surface area (TPSA) is 58.7 Å². The number of benzene rings is 1. The molecule has 0 bridgehead atoms. The van der Waals surface area contributed by atoms with Crippen molar-refractivity contribution in [2.45, 2.75) is 13.0 Å². The number of hydrogen-bond acceptors (Lipinski definition) is 4. The van der Waals surface area contributed by atoms with Gasteiger partial charge in [0.05, 0.1) is 0 Å². The summed E-state index contributed by atoms with van der Waals surface area (Å²) in [5.74, 6) is 6.21. The van der Waals surface area contributed by atoms with Crippen molar-refractivity contribution in [2.75, 3.05) is 20.2 Å². The Morgan fingerprint density at radius 3 is 2.73 bits per heavy atom. The largest absolute Gasteiger partial charge is 0.491 e. The van der Waals surface area contributed by atoms with E-state index in [0.29, 0.717) is 6.54 Å². The zero-order valence-electron chi connectivity index (χ0n) is 9.18. The normalized spacial score (nSPS) is 12.9. The summed E-state index contributed by atoms with van der Waals surface area (Å²) in [5.41, 5.74) is 1.06. The molecule has 1 atom stereocenters. The lowest BCUT2D eigenvalue weighted by atomic mass is 10.2. The molecule has 1 rings (SSSR count). The van der Waals surface area contributed by atoms with Crippen molar-refractivity contribution >= 4 is 0 Å². The van der Waals surface area contributed by atoms with Gasteiger partial charge in [0.25, 0.3) is 0 Å². The fraction of sp³-hybridized carbons (Fsp3) is 0.455. The van der Waals surface area contributed by atoms with Gasteiger partial charge in [0, 0.05) is 13.6 Å². The van der Waals surface area contributed by atoms with Crippen LogP contribution in [-0.4, -0.2) is 36.4 Å². The summed E-state index contributed by atoms with van der Waals surface area (Å²) < 4.78 is 5.47. The SMILES string of the molecule is Cc1ccccc1OCC(O)CN(C)N. The molecule has 0 heterocycles. The van der Waals surface area contributed by atoms with Crippen LogP contribution in [0.1, 0.15) is 5.56 Å². The number of hydrogen-bond donors (Lipinski definition) is 2. The number of nitrogens with two attached hydrogens (primary N) is 1. The lowest BCUT2D eigenvalue weighted by Gasteiger charge is -2.16. The summed E-state index contributed by atoms with van der Waals surface area (Å²) in [5, 5.41) is 11.0. The third-order valence-electron chi connectivity index (χ3n) is 2.02. The van der Waals surface area contributed by atoms with E-state index in [9.17, 15) is 5.11 Å². The average molecular weight is 210 g/mol. The van der Waals surface area contributed by atoms with Gasteiger partial charge in [-0.25, -0.2) is 5.01 Å². The van der Waals surface area contributed by atoms with Gasteiger partial charge in [0.15, 0.2) is 0 Å².